The quantitative estimate of drug-likeness (QED) is 0.321. The fourth-order valence-electron chi connectivity index (χ4n) is 4.04. The lowest BCUT2D eigenvalue weighted by molar-refractivity contribution is -0.137. The molecule has 41 heavy (non-hydrogen) atoms. The molecule has 1 aliphatic heterocycles. The molecule has 12 heteroatoms. The summed E-state index contributed by atoms with van der Waals surface area (Å²) in [5.74, 6) is -0.866. The maximum Gasteiger partial charge on any atom is 0.418 e. The van der Waals surface area contributed by atoms with Gasteiger partial charge in [0.15, 0.2) is 5.78 Å². The summed E-state index contributed by atoms with van der Waals surface area (Å²) < 4.78 is 41.0. The van der Waals surface area contributed by atoms with E-state index in [9.17, 15) is 23.2 Å². The first-order chi connectivity index (χ1) is 19.5. The molecule has 1 unspecified atom stereocenters. The molecule has 4 rings (SSSR count). The Balaban J connectivity index is 0.00000115. The van der Waals surface area contributed by atoms with Gasteiger partial charge in [0.05, 0.1) is 28.8 Å². The molecule has 2 aromatic rings. The largest absolute Gasteiger partial charge is 0.418 e. The van der Waals surface area contributed by atoms with E-state index in [1.807, 2.05) is 16.8 Å². The van der Waals surface area contributed by atoms with Gasteiger partial charge in [-0.25, -0.2) is 0 Å². The minimum atomic E-state index is -4.60. The van der Waals surface area contributed by atoms with Gasteiger partial charge in [0, 0.05) is 44.1 Å². The van der Waals surface area contributed by atoms with E-state index in [-0.39, 0.29) is 49.3 Å². The molecule has 0 radical (unpaired) electrons. The van der Waals surface area contributed by atoms with Crippen LogP contribution in [0.4, 0.5) is 18.9 Å². The van der Waals surface area contributed by atoms with Crippen molar-refractivity contribution in [1.82, 2.24) is 0 Å². The number of para-hydroxylation sites is 1. The van der Waals surface area contributed by atoms with Gasteiger partial charge >= 0.3 is 6.18 Å². The van der Waals surface area contributed by atoms with Gasteiger partial charge < -0.3 is 26.2 Å². The number of Topliss-reactive ketones (excluding diaryl/α,β-unsaturated/α-hetero) is 1. The molecule has 1 atom stereocenters. The number of carbonyl (C=O) groups is 1. The van der Waals surface area contributed by atoms with Crippen molar-refractivity contribution in [2.75, 3.05) is 31.3 Å². The first-order valence-electron chi connectivity index (χ1n) is 13.1. The van der Waals surface area contributed by atoms with Crippen molar-refractivity contribution in [1.29, 1.82) is 5.26 Å². The zero-order chi connectivity index (χ0) is 31.6. The van der Waals surface area contributed by atoms with Crippen molar-refractivity contribution >= 4 is 22.8 Å². The Kier molecular flexibility index (Phi) is 18.2. The second-order valence-corrected chi connectivity index (χ2v) is 8.93. The van der Waals surface area contributed by atoms with E-state index >= 15 is 0 Å². The summed E-state index contributed by atoms with van der Waals surface area (Å²) in [6, 6.07) is 8.95. The van der Waals surface area contributed by atoms with E-state index < -0.39 is 17.7 Å². The third-order valence-electron chi connectivity index (χ3n) is 5.24. The second-order valence-electron chi connectivity index (χ2n) is 8.15. The number of ketones is 1. The summed E-state index contributed by atoms with van der Waals surface area (Å²) in [4.78, 5) is 14.1. The zero-order valence-electron chi connectivity index (χ0n) is 23.8. The monoisotopic (exact) mass is 599 g/mol. The van der Waals surface area contributed by atoms with E-state index in [2.05, 4.69) is 6.07 Å². The molecule has 1 aromatic heterocycles. The molecule has 8 nitrogen and oxygen atoms in total. The minimum absolute atomic E-state index is 0.0613. The number of hydrogen-bond acceptors (Lipinski definition) is 9. The van der Waals surface area contributed by atoms with Crippen molar-refractivity contribution < 1.29 is 38.4 Å². The highest BCUT2D eigenvalue weighted by atomic mass is 32.1. The molecule has 1 aromatic carbocycles. The van der Waals surface area contributed by atoms with Crippen LogP contribution in [-0.2, 0) is 11.0 Å². The number of nitriles is 1. The van der Waals surface area contributed by atoms with Gasteiger partial charge in [-0.2, -0.15) is 29.8 Å². The molecular weight excluding hydrogens is 559 g/mol. The van der Waals surface area contributed by atoms with E-state index in [1.165, 1.54) is 34.4 Å². The van der Waals surface area contributed by atoms with Crippen LogP contribution in [-0.4, -0.2) is 52.6 Å². The number of aliphatic hydroxyl groups excluding tert-OH is 4. The predicted molar refractivity (Wildman–Crippen MR) is 155 cm³/mol. The molecule has 6 N–H and O–H groups in total. The number of alkyl halides is 3. The Morgan fingerprint density at radius 1 is 1.00 bits per heavy atom. The summed E-state index contributed by atoms with van der Waals surface area (Å²) >= 11 is 1.42. The van der Waals surface area contributed by atoms with Crippen LogP contribution in [0, 0.1) is 11.3 Å². The molecule has 0 saturated carbocycles. The normalized spacial score (nSPS) is 15.9. The standard InChI is InChI=1S/C21H16F3N3OS.4C2H6O/c22-21(23,24)14-4-1-2-5-15(14)27-16-6-3-7-17(28)19(16)18(12-8-9-29-11-12)13(10-25)20(27)26;4*1-2-3/h1-2,4-5,8-9,11,18H,3,6-7,26H2;4*3H,2H2,1H3. The smallest absolute Gasteiger partial charge is 0.397 e. The SMILES string of the molecule is CCO.CCO.CCO.CCO.N#CC1=C(N)N(c2ccccc2C(F)(F)F)C2=C(C(=O)CCC2)C1c1ccsc1. The van der Waals surface area contributed by atoms with Crippen molar-refractivity contribution in [2.24, 2.45) is 5.73 Å². The van der Waals surface area contributed by atoms with Crippen LogP contribution in [0.15, 0.2) is 63.8 Å². The Hall–Kier alpha value is -3.21. The highest BCUT2D eigenvalue weighted by Gasteiger charge is 2.43. The lowest BCUT2D eigenvalue weighted by atomic mass is 9.76. The van der Waals surface area contributed by atoms with E-state index in [1.54, 1.807) is 27.7 Å². The highest BCUT2D eigenvalue weighted by Crippen LogP contribution is 2.48. The first kappa shape index (κ1) is 37.8. The molecule has 2 aliphatic rings. The number of carbonyl (C=O) groups excluding carboxylic acids is 1. The van der Waals surface area contributed by atoms with Crippen LogP contribution < -0.4 is 10.6 Å². The maximum absolute atomic E-state index is 13.7. The second kappa shape index (κ2) is 19.8. The number of anilines is 1. The molecule has 228 valence electrons. The molecule has 2 heterocycles. The van der Waals surface area contributed by atoms with Gasteiger partial charge in [-0.3, -0.25) is 9.69 Å². The van der Waals surface area contributed by atoms with Gasteiger partial charge in [0.1, 0.15) is 5.82 Å². The highest BCUT2D eigenvalue weighted by molar-refractivity contribution is 7.08. The lowest BCUT2D eigenvalue weighted by Crippen LogP contribution is -2.39. The van der Waals surface area contributed by atoms with E-state index in [4.69, 9.17) is 26.2 Å². The van der Waals surface area contributed by atoms with Gasteiger partial charge in [-0.1, -0.05) is 12.1 Å². The molecule has 0 fully saturated rings. The van der Waals surface area contributed by atoms with Crippen LogP contribution in [0.3, 0.4) is 0 Å². The number of nitrogens with zero attached hydrogens (tertiary/aromatic N) is 2. The number of benzene rings is 1. The fraction of sp³-hybridized carbons (Fsp3) is 0.448. The summed E-state index contributed by atoms with van der Waals surface area (Å²) in [7, 11) is 0. The molecule has 0 saturated heterocycles. The number of rotatable bonds is 2. The molecule has 0 amide bonds. The Morgan fingerprint density at radius 3 is 2.00 bits per heavy atom. The van der Waals surface area contributed by atoms with Gasteiger partial charge in [0.2, 0.25) is 0 Å². The number of aliphatic hydroxyl groups is 4. The Labute approximate surface area is 243 Å². The average molecular weight is 600 g/mol. The van der Waals surface area contributed by atoms with Crippen LogP contribution in [0.25, 0.3) is 0 Å². The maximum atomic E-state index is 13.7. The molecule has 1 aliphatic carbocycles. The van der Waals surface area contributed by atoms with Crippen LogP contribution in [0.5, 0.6) is 0 Å². The summed E-state index contributed by atoms with van der Waals surface area (Å²) in [5.41, 5.74) is 6.93. The van der Waals surface area contributed by atoms with Gasteiger partial charge in [-0.15, -0.1) is 0 Å². The number of allylic oxidation sites excluding steroid dienone is 3. The van der Waals surface area contributed by atoms with Crippen LogP contribution in [0.2, 0.25) is 0 Å². The Bertz CT molecular complexity index is 1150. The molecule has 0 spiro atoms. The number of halogens is 3. The number of hydrogen-bond donors (Lipinski definition) is 5. The third kappa shape index (κ3) is 10.6. The molecule has 0 bridgehead atoms. The summed E-state index contributed by atoms with van der Waals surface area (Å²) in [6.07, 6.45) is -3.37. The topological polar surface area (TPSA) is 151 Å². The zero-order valence-corrected chi connectivity index (χ0v) is 24.6. The Morgan fingerprint density at radius 2 is 1.54 bits per heavy atom. The third-order valence-corrected chi connectivity index (χ3v) is 5.94. The number of thiophene rings is 1. The first-order valence-corrected chi connectivity index (χ1v) is 14.0. The van der Waals surface area contributed by atoms with Crippen molar-refractivity contribution in [3.05, 3.63) is 74.9 Å². The lowest BCUT2D eigenvalue weighted by Gasteiger charge is -2.40. The molecular formula is C29H40F3N3O5S. The average Bonchev–Trinajstić information content (AvgIpc) is 3.44. The van der Waals surface area contributed by atoms with Crippen molar-refractivity contribution in [2.45, 2.75) is 59.1 Å². The van der Waals surface area contributed by atoms with Crippen molar-refractivity contribution in [3.63, 3.8) is 0 Å². The summed E-state index contributed by atoms with van der Waals surface area (Å²) in [6.45, 7) is 7.72. The van der Waals surface area contributed by atoms with Crippen molar-refractivity contribution in [3.8, 4) is 6.07 Å². The minimum Gasteiger partial charge on any atom is -0.397 e. The van der Waals surface area contributed by atoms with E-state index in [0.717, 1.165) is 11.6 Å². The van der Waals surface area contributed by atoms with Crippen LogP contribution in [0.1, 0.15) is 64.0 Å². The fourth-order valence-corrected chi connectivity index (χ4v) is 4.73. The van der Waals surface area contributed by atoms with Gasteiger partial charge in [-0.05, 0) is 75.1 Å². The predicted octanol–water partition coefficient (Wildman–Crippen LogP) is 5.07. The van der Waals surface area contributed by atoms with Gasteiger partial charge in [0.25, 0.3) is 0 Å². The summed E-state index contributed by atoms with van der Waals surface area (Å²) in [5, 5.41) is 43.8. The van der Waals surface area contributed by atoms with E-state index in [0.29, 0.717) is 30.5 Å². The number of nitrogens with two attached hydrogens (primary N) is 1. The van der Waals surface area contributed by atoms with Crippen LogP contribution >= 0.6 is 11.3 Å².